The quantitative estimate of drug-likeness (QED) is 0.773. The average molecular weight is 370 g/mol. The van der Waals surface area contributed by atoms with Gasteiger partial charge in [-0.3, -0.25) is 4.79 Å². The summed E-state index contributed by atoms with van der Waals surface area (Å²) in [6, 6.07) is 14.2. The first kappa shape index (κ1) is 18.8. The maximum absolute atomic E-state index is 12.3. The van der Waals surface area contributed by atoms with Crippen molar-refractivity contribution in [1.82, 2.24) is 10.3 Å². The Morgan fingerprint density at radius 3 is 2.50 bits per heavy atom. The van der Waals surface area contributed by atoms with Gasteiger partial charge in [0.05, 0.1) is 5.25 Å². The number of aromatic nitrogens is 1. The molecule has 0 spiro atoms. The predicted molar refractivity (Wildman–Crippen MR) is 109 cm³/mol. The van der Waals surface area contributed by atoms with Crippen molar-refractivity contribution in [3.8, 4) is 0 Å². The predicted octanol–water partition coefficient (Wildman–Crippen LogP) is 4.26. The van der Waals surface area contributed by atoms with Crippen LogP contribution in [0.5, 0.6) is 0 Å². The number of pyridine rings is 1. The van der Waals surface area contributed by atoms with Gasteiger partial charge in [-0.25, -0.2) is 4.98 Å². The molecule has 0 bridgehead atoms. The van der Waals surface area contributed by atoms with Crippen LogP contribution in [0.3, 0.4) is 0 Å². The number of benzene rings is 1. The number of hydrogen-bond acceptors (Lipinski definition) is 4. The van der Waals surface area contributed by atoms with Gasteiger partial charge in [-0.05, 0) is 43.5 Å². The van der Waals surface area contributed by atoms with E-state index < -0.39 is 0 Å². The van der Waals surface area contributed by atoms with Crippen molar-refractivity contribution >= 4 is 23.5 Å². The van der Waals surface area contributed by atoms with Crippen molar-refractivity contribution in [2.24, 2.45) is 0 Å². The molecule has 5 heteroatoms. The number of anilines is 1. The largest absolute Gasteiger partial charge is 0.357 e. The smallest absolute Gasteiger partial charge is 0.233 e. The van der Waals surface area contributed by atoms with E-state index in [9.17, 15) is 4.79 Å². The van der Waals surface area contributed by atoms with E-state index in [-0.39, 0.29) is 11.2 Å². The second-order valence-corrected chi connectivity index (χ2v) is 8.13. The molecule has 1 atom stereocenters. The van der Waals surface area contributed by atoms with E-state index in [1.165, 1.54) is 25.7 Å². The normalized spacial score (nSPS) is 16.0. The fraction of sp³-hybridized carbons (Fsp3) is 0.429. The minimum atomic E-state index is -0.123. The highest BCUT2D eigenvalue weighted by Gasteiger charge is 2.14. The first-order valence-corrected chi connectivity index (χ1v) is 10.3. The third-order valence-electron chi connectivity index (χ3n) is 4.63. The van der Waals surface area contributed by atoms with Crippen molar-refractivity contribution in [2.75, 3.05) is 18.0 Å². The van der Waals surface area contributed by atoms with Gasteiger partial charge in [0.25, 0.3) is 0 Å². The van der Waals surface area contributed by atoms with Gasteiger partial charge in [0.15, 0.2) is 0 Å². The van der Waals surface area contributed by atoms with Crippen LogP contribution in [-0.4, -0.2) is 29.2 Å². The zero-order chi connectivity index (χ0) is 18.2. The Labute approximate surface area is 160 Å². The Morgan fingerprint density at radius 1 is 1.12 bits per heavy atom. The fourth-order valence-corrected chi connectivity index (χ4v) is 4.01. The van der Waals surface area contributed by atoms with E-state index in [1.54, 1.807) is 11.8 Å². The zero-order valence-electron chi connectivity index (χ0n) is 15.4. The Bertz CT molecular complexity index is 682. The maximum atomic E-state index is 12.3. The molecule has 2 heterocycles. The lowest BCUT2D eigenvalue weighted by atomic mass is 10.2. The van der Waals surface area contributed by atoms with Crippen molar-refractivity contribution in [1.29, 1.82) is 0 Å². The summed E-state index contributed by atoms with van der Waals surface area (Å²) in [4.78, 5) is 20.4. The second kappa shape index (κ2) is 9.62. The summed E-state index contributed by atoms with van der Waals surface area (Å²) in [5.41, 5.74) is 1.04. The highest BCUT2D eigenvalue weighted by molar-refractivity contribution is 8.00. The third-order valence-corrected chi connectivity index (χ3v) is 5.74. The monoisotopic (exact) mass is 369 g/mol. The molecule has 3 rings (SSSR count). The van der Waals surface area contributed by atoms with Crippen LogP contribution in [0.15, 0.2) is 53.6 Å². The minimum Gasteiger partial charge on any atom is -0.357 e. The van der Waals surface area contributed by atoms with Gasteiger partial charge >= 0.3 is 0 Å². The molecule has 0 saturated carbocycles. The molecule has 1 saturated heterocycles. The SMILES string of the molecule is C[C@@H](Sc1ccccc1)C(=O)NCc1ccc(N2CCCCCC2)nc1. The molecular formula is C21H27N3OS. The van der Waals surface area contributed by atoms with Crippen molar-refractivity contribution in [2.45, 2.75) is 49.3 Å². The Hall–Kier alpha value is -2.01. The number of nitrogens with one attached hydrogen (secondary N) is 1. The highest BCUT2D eigenvalue weighted by atomic mass is 32.2. The Kier molecular flexibility index (Phi) is 6.95. The van der Waals surface area contributed by atoms with E-state index in [0.717, 1.165) is 29.4 Å². The van der Waals surface area contributed by atoms with Crippen LogP contribution in [0.2, 0.25) is 0 Å². The van der Waals surface area contributed by atoms with E-state index >= 15 is 0 Å². The molecule has 1 aliphatic heterocycles. The highest BCUT2D eigenvalue weighted by Crippen LogP contribution is 2.23. The molecule has 0 unspecified atom stereocenters. The van der Waals surface area contributed by atoms with Crippen LogP contribution in [0, 0.1) is 0 Å². The van der Waals surface area contributed by atoms with E-state index in [1.807, 2.05) is 43.5 Å². The molecule has 2 aromatic rings. The molecular weight excluding hydrogens is 342 g/mol. The molecule has 1 aromatic heterocycles. The molecule has 0 radical (unpaired) electrons. The van der Waals surface area contributed by atoms with Crippen LogP contribution < -0.4 is 10.2 Å². The summed E-state index contributed by atoms with van der Waals surface area (Å²) in [6.07, 6.45) is 7.02. The molecule has 1 N–H and O–H groups in total. The number of nitrogens with zero attached hydrogens (tertiary/aromatic N) is 2. The van der Waals surface area contributed by atoms with Gasteiger partial charge in [0, 0.05) is 30.7 Å². The minimum absolute atomic E-state index is 0.0513. The summed E-state index contributed by atoms with van der Waals surface area (Å²) >= 11 is 1.58. The van der Waals surface area contributed by atoms with Crippen LogP contribution in [0.4, 0.5) is 5.82 Å². The first-order chi connectivity index (χ1) is 12.7. The summed E-state index contributed by atoms with van der Waals surface area (Å²) in [7, 11) is 0. The molecule has 1 aromatic carbocycles. The lowest BCUT2D eigenvalue weighted by Gasteiger charge is -2.21. The van der Waals surface area contributed by atoms with Gasteiger partial charge in [0.1, 0.15) is 5.82 Å². The molecule has 26 heavy (non-hydrogen) atoms. The van der Waals surface area contributed by atoms with Crippen molar-refractivity contribution in [3.63, 3.8) is 0 Å². The summed E-state index contributed by atoms with van der Waals surface area (Å²) in [5.74, 6) is 1.10. The van der Waals surface area contributed by atoms with Crippen LogP contribution >= 0.6 is 11.8 Å². The van der Waals surface area contributed by atoms with E-state index in [2.05, 4.69) is 27.3 Å². The molecule has 0 aliphatic carbocycles. The van der Waals surface area contributed by atoms with Gasteiger partial charge in [-0.2, -0.15) is 0 Å². The third kappa shape index (κ3) is 5.49. The number of amides is 1. The number of carbonyl (C=O) groups excluding carboxylic acids is 1. The lowest BCUT2D eigenvalue weighted by molar-refractivity contribution is -0.120. The number of rotatable bonds is 6. The molecule has 1 amide bonds. The number of carbonyl (C=O) groups is 1. The molecule has 1 aliphatic rings. The average Bonchev–Trinajstić information content (AvgIpc) is 2.97. The molecule has 1 fully saturated rings. The number of hydrogen-bond donors (Lipinski definition) is 1. The number of thioether (sulfide) groups is 1. The molecule has 138 valence electrons. The second-order valence-electron chi connectivity index (χ2n) is 6.72. The Morgan fingerprint density at radius 2 is 1.85 bits per heavy atom. The molecule has 4 nitrogen and oxygen atoms in total. The fourth-order valence-electron chi connectivity index (χ4n) is 3.10. The zero-order valence-corrected chi connectivity index (χ0v) is 16.2. The van der Waals surface area contributed by atoms with E-state index in [4.69, 9.17) is 0 Å². The Balaban J connectivity index is 1.48. The summed E-state index contributed by atoms with van der Waals surface area (Å²) < 4.78 is 0. The first-order valence-electron chi connectivity index (χ1n) is 9.41. The van der Waals surface area contributed by atoms with Crippen LogP contribution in [-0.2, 0) is 11.3 Å². The van der Waals surface area contributed by atoms with Gasteiger partial charge in [-0.1, -0.05) is 37.1 Å². The van der Waals surface area contributed by atoms with Gasteiger partial charge < -0.3 is 10.2 Å². The van der Waals surface area contributed by atoms with Crippen molar-refractivity contribution < 1.29 is 4.79 Å². The summed E-state index contributed by atoms with van der Waals surface area (Å²) in [6.45, 7) is 4.65. The summed E-state index contributed by atoms with van der Waals surface area (Å²) in [5, 5.41) is 2.89. The van der Waals surface area contributed by atoms with Gasteiger partial charge in [-0.15, -0.1) is 11.8 Å². The van der Waals surface area contributed by atoms with Crippen LogP contribution in [0.25, 0.3) is 0 Å². The lowest BCUT2D eigenvalue weighted by Crippen LogP contribution is -2.30. The van der Waals surface area contributed by atoms with Crippen LogP contribution in [0.1, 0.15) is 38.2 Å². The standard InChI is InChI=1S/C21H27N3OS/c1-17(26-19-9-5-4-6-10-19)21(25)23-16-18-11-12-20(22-15-18)24-13-7-2-3-8-14-24/h4-6,9-12,15,17H,2-3,7-8,13-14,16H2,1H3,(H,23,25)/t17-/m1/s1. The maximum Gasteiger partial charge on any atom is 0.233 e. The van der Waals surface area contributed by atoms with Crippen molar-refractivity contribution in [3.05, 3.63) is 54.2 Å². The van der Waals surface area contributed by atoms with Gasteiger partial charge in [0.2, 0.25) is 5.91 Å². The van der Waals surface area contributed by atoms with E-state index in [0.29, 0.717) is 6.54 Å². The topological polar surface area (TPSA) is 45.2 Å².